The van der Waals surface area contributed by atoms with Gasteiger partial charge in [-0.2, -0.15) is 0 Å². The number of benzene rings is 2. The summed E-state index contributed by atoms with van der Waals surface area (Å²) in [5, 5.41) is 40.8. The standard InChI is InChI=1S/C26H34O6S/c1-3-5-7-9-11-17-19(25(29)30)13-15-21(27)23(17)33-24-18(12-10-8-6-4-2)20(26(31)32)14-16-22(24)28/h13-16,27-28H,3-12H2,1-2H3,(H,29,30)(H,31,32). The van der Waals surface area contributed by atoms with Gasteiger partial charge >= 0.3 is 11.9 Å². The van der Waals surface area contributed by atoms with Gasteiger partial charge in [-0.1, -0.05) is 64.1 Å². The lowest BCUT2D eigenvalue weighted by molar-refractivity contribution is 0.0684. The van der Waals surface area contributed by atoms with Gasteiger partial charge in [-0.05, 0) is 61.1 Å². The van der Waals surface area contributed by atoms with Crippen LogP contribution >= 0.6 is 11.8 Å². The molecule has 7 heteroatoms. The smallest absolute Gasteiger partial charge is 0.336 e. The van der Waals surface area contributed by atoms with E-state index in [9.17, 15) is 30.0 Å². The van der Waals surface area contributed by atoms with Crippen molar-refractivity contribution in [2.45, 2.75) is 87.8 Å². The first-order valence-corrected chi connectivity index (χ1v) is 12.5. The highest BCUT2D eigenvalue weighted by Gasteiger charge is 2.23. The minimum Gasteiger partial charge on any atom is -0.507 e. The molecule has 0 atom stereocenters. The number of phenolic OH excluding ortho intramolecular Hbond substituents is 2. The molecule has 6 nitrogen and oxygen atoms in total. The van der Waals surface area contributed by atoms with Crippen LogP contribution in [0.3, 0.4) is 0 Å². The Morgan fingerprint density at radius 2 is 1.06 bits per heavy atom. The monoisotopic (exact) mass is 474 g/mol. The molecule has 0 radical (unpaired) electrons. The van der Waals surface area contributed by atoms with Gasteiger partial charge in [0.15, 0.2) is 0 Å². The first kappa shape index (κ1) is 26.6. The molecule has 0 saturated carbocycles. The largest absolute Gasteiger partial charge is 0.507 e. The van der Waals surface area contributed by atoms with E-state index < -0.39 is 11.9 Å². The molecule has 2 aromatic carbocycles. The van der Waals surface area contributed by atoms with Crippen molar-refractivity contribution in [2.24, 2.45) is 0 Å². The first-order valence-electron chi connectivity index (χ1n) is 11.7. The summed E-state index contributed by atoms with van der Waals surface area (Å²) in [6.07, 6.45) is 8.55. The second kappa shape index (κ2) is 13.1. The highest BCUT2D eigenvalue weighted by atomic mass is 32.2. The molecule has 0 heterocycles. The molecule has 0 saturated heterocycles. The Labute approximate surface area is 199 Å². The van der Waals surface area contributed by atoms with Crippen molar-refractivity contribution in [1.82, 2.24) is 0 Å². The zero-order chi connectivity index (χ0) is 24.4. The van der Waals surface area contributed by atoms with Gasteiger partial charge in [0.05, 0.1) is 20.9 Å². The van der Waals surface area contributed by atoms with Gasteiger partial charge in [0, 0.05) is 0 Å². The van der Waals surface area contributed by atoms with Crippen LogP contribution in [0.4, 0.5) is 0 Å². The minimum atomic E-state index is -1.08. The van der Waals surface area contributed by atoms with E-state index in [-0.39, 0.29) is 22.6 Å². The Balaban J connectivity index is 2.54. The van der Waals surface area contributed by atoms with E-state index in [1.54, 1.807) is 0 Å². The van der Waals surface area contributed by atoms with Gasteiger partial charge < -0.3 is 20.4 Å². The van der Waals surface area contributed by atoms with E-state index in [1.165, 1.54) is 24.3 Å². The van der Waals surface area contributed by atoms with Crippen molar-refractivity contribution in [3.05, 3.63) is 46.5 Å². The molecule has 4 N–H and O–H groups in total. The molecule has 0 bridgehead atoms. The van der Waals surface area contributed by atoms with Crippen molar-refractivity contribution in [3.8, 4) is 11.5 Å². The van der Waals surface area contributed by atoms with Crippen LogP contribution in [0, 0.1) is 0 Å². The molecule has 2 aromatic rings. The number of hydrogen-bond acceptors (Lipinski definition) is 5. The molecule has 0 aromatic heterocycles. The van der Waals surface area contributed by atoms with Crippen LogP contribution in [0.25, 0.3) is 0 Å². The van der Waals surface area contributed by atoms with E-state index in [0.29, 0.717) is 33.8 Å². The zero-order valence-electron chi connectivity index (χ0n) is 19.4. The highest BCUT2D eigenvalue weighted by Crippen LogP contribution is 2.45. The van der Waals surface area contributed by atoms with Gasteiger partial charge in [-0.3, -0.25) is 0 Å². The number of carboxylic acid groups (broad SMARTS) is 2. The molecule has 0 amide bonds. The molecule has 0 unspecified atom stereocenters. The summed E-state index contributed by atoms with van der Waals surface area (Å²) in [6, 6.07) is 5.49. The minimum absolute atomic E-state index is 0.0763. The van der Waals surface area contributed by atoms with Crippen LogP contribution in [0.2, 0.25) is 0 Å². The fourth-order valence-corrected chi connectivity index (χ4v) is 5.13. The maximum atomic E-state index is 11.9. The topological polar surface area (TPSA) is 115 Å². The molecule has 180 valence electrons. The summed E-state index contributed by atoms with van der Waals surface area (Å²) in [5.74, 6) is -2.31. The normalized spacial score (nSPS) is 11.0. The number of carboxylic acids is 2. The SMILES string of the molecule is CCCCCCc1c(C(=O)O)ccc(O)c1Sc1c(O)ccc(C(=O)O)c1CCCCCC. The average molecular weight is 475 g/mol. The summed E-state index contributed by atoms with van der Waals surface area (Å²) in [4.78, 5) is 24.5. The van der Waals surface area contributed by atoms with Crippen LogP contribution in [0.15, 0.2) is 34.1 Å². The number of carbonyl (C=O) groups is 2. The number of phenols is 2. The number of rotatable bonds is 14. The molecule has 0 aliphatic rings. The molecular formula is C26H34O6S. The molecule has 33 heavy (non-hydrogen) atoms. The lowest BCUT2D eigenvalue weighted by Gasteiger charge is -2.18. The van der Waals surface area contributed by atoms with E-state index in [0.717, 1.165) is 63.1 Å². The lowest BCUT2D eigenvalue weighted by Crippen LogP contribution is -2.06. The quantitative estimate of drug-likeness (QED) is 0.220. The third kappa shape index (κ3) is 7.16. The molecule has 0 aliphatic heterocycles. The van der Waals surface area contributed by atoms with Crippen molar-refractivity contribution >= 4 is 23.7 Å². The van der Waals surface area contributed by atoms with Crippen LogP contribution < -0.4 is 0 Å². The fourth-order valence-electron chi connectivity index (χ4n) is 3.91. The number of unbranched alkanes of at least 4 members (excludes halogenated alkanes) is 6. The Hall–Kier alpha value is -2.67. The molecule has 0 aliphatic carbocycles. The van der Waals surface area contributed by atoms with E-state index >= 15 is 0 Å². The summed E-state index contributed by atoms with van der Waals surface area (Å²) >= 11 is 1.06. The summed E-state index contributed by atoms with van der Waals surface area (Å²) in [7, 11) is 0. The van der Waals surface area contributed by atoms with Gasteiger partial charge in [-0.15, -0.1) is 0 Å². The van der Waals surface area contributed by atoms with Crippen molar-refractivity contribution in [1.29, 1.82) is 0 Å². The summed E-state index contributed by atoms with van der Waals surface area (Å²) in [6.45, 7) is 4.19. The maximum Gasteiger partial charge on any atom is 0.336 e. The molecular weight excluding hydrogens is 440 g/mol. The predicted molar refractivity (Wildman–Crippen MR) is 130 cm³/mol. The Kier molecular flexibility index (Phi) is 10.6. The van der Waals surface area contributed by atoms with E-state index in [4.69, 9.17) is 0 Å². The second-order valence-electron chi connectivity index (χ2n) is 8.21. The lowest BCUT2D eigenvalue weighted by atomic mass is 10.00. The van der Waals surface area contributed by atoms with Crippen LogP contribution in [-0.2, 0) is 12.8 Å². The first-order chi connectivity index (χ1) is 15.8. The van der Waals surface area contributed by atoms with Crippen molar-refractivity contribution in [3.63, 3.8) is 0 Å². The predicted octanol–water partition coefficient (Wildman–Crippen LogP) is 6.89. The van der Waals surface area contributed by atoms with Crippen LogP contribution in [0.1, 0.15) is 97.1 Å². The molecule has 2 rings (SSSR count). The summed E-state index contributed by atoms with van der Waals surface area (Å²) in [5.41, 5.74) is 1.26. The number of aromatic carboxylic acids is 2. The number of aromatic hydroxyl groups is 2. The van der Waals surface area contributed by atoms with Crippen LogP contribution in [-0.4, -0.2) is 32.4 Å². The van der Waals surface area contributed by atoms with E-state index in [1.807, 2.05) is 0 Å². The van der Waals surface area contributed by atoms with Gasteiger partial charge in [0.2, 0.25) is 0 Å². The summed E-state index contributed by atoms with van der Waals surface area (Å²) < 4.78 is 0. The highest BCUT2D eigenvalue weighted by molar-refractivity contribution is 7.99. The Bertz CT molecular complexity index is 892. The average Bonchev–Trinajstić information content (AvgIpc) is 2.77. The number of hydrogen-bond donors (Lipinski definition) is 4. The van der Waals surface area contributed by atoms with Gasteiger partial charge in [0.1, 0.15) is 11.5 Å². The molecule has 0 fully saturated rings. The third-order valence-corrected chi connectivity index (χ3v) is 7.02. The van der Waals surface area contributed by atoms with E-state index in [2.05, 4.69) is 13.8 Å². The van der Waals surface area contributed by atoms with Crippen molar-refractivity contribution < 1.29 is 30.0 Å². The Morgan fingerprint density at radius 3 is 1.39 bits per heavy atom. The van der Waals surface area contributed by atoms with Crippen molar-refractivity contribution in [2.75, 3.05) is 0 Å². The molecule has 0 spiro atoms. The second-order valence-corrected chi connectivity index (χ2v) is 9.23. The van der Waals surface area contributed by atoms with Gasteiger partial charge in [0.25, 0.3) is 0 Å². The van der Waals surface area contributed by atoms with Crippen LogP contribution in [0.5, 0.6) is 11.5 Å². The zero-order valence-corrected chi connectivity index (χ0v) is 20.2. The fraction of sp³-hybridized carbons (Fsp3) is 0.462. The maximum absolute atomic E-state index is 11.9. The third-order valence-electron chi connectivity index (χ3n) is 5.71. The Morgan fingerprint density at radius 1 is 0.667 bits per heavy atom. The van der Waals surface area contributed by atoms with Gasteiger partial charge in [-0.25, -0.2) is 9.59 Å².